The van der Waals surface area contributed by atoms with Crippen LogP contribution in [0.15, 0.2) is 41.3 Å². The lowest BCUT2D eigenvalue weighted by atomic mass is 10.0. The Bertz CT molecular complexity index is 1050. The SMILES string of the molecule is Cc1ccc2c(c1)COC(=O)N2C1CCN(S(=O)(=O)c2cc(Cl)cc(Cl)c2)CC1. The van der Waals surface area contributed by atoms with Crippen LogP contribution in [-0.4, -0.2) is 37.9 Å². The monoisotopic (exact) mass is 454 g/mol. The zero-order valence-corrected chi connectivity index (χ0v) is 18.1. The Hall–Kier alpha value is -1.80. The number of hydrogen-bond donors (Lipinski definition) is 0. The van der Waals surface area contributed by atoms with Gasteiger partial charge in [-0.3, -0.25) is 4.90 Å². The molecule has 2 aromatic carbocycles. The first-order chi connectivity index (χ1) is 13.8. The maximum atomic E-state index is 13.0. The molecule has 2 aromatic rings. The number of ether oxygens (including phenoxy) is 1. The number of sulfonamides is 1. The minimum atomic E-state index is -3.71. The standard InChI is InChI=1S/C20H20Cl2N2O4S/c1-13-2-3-19-14(8-13)12-28-20(25)24(19)17-4-6-23(7-5-17)29(26,27)18-10-15(21)9-16(22)11-18/h2-3,8-11,17H,4-7,12H2,1H3. The van der Waals surface area contributed by atoms with Gasteiger partial charge in [-0.15, -0.1) is 0 Å². The minimum Gasteiger partial charge on any atom is -0.444 e. The lowest BCUT2D eigenvalue weighted by Crippen LogP contribution is -2.50. The molecule has 2 heterocycles. The summed E-state index contributed by atoms with van der Waals surface area (Å²) in [5.41, 5.74) is 2.91. The van der Waals surface area contributed by atoms with E-state index in [4.69, 9.17) is 27.9 Å². The predicted octanol–water partition coefficient (Wildman–Crippen LogP) is 4.61. The molecule has 0 saturated carbocycles. The van der Waals surface area contributed by atoms with Crippen LogP contribution < -0.4 is 4.90 Å². The molecule has 4 rings (SSSR count). The van der Waals surface area contributed by atoms with Crippen LogP contribution >= 0.6 is 23.2 Å². The van der Waals surface area contributed by atoms with Crippen molar-refractivity contribution in [3.05, 3.63) is 57.6 Å². The molecule has 2 aliphatic rings. The molecule has 0 spiro atoms. The molecule has 0 unspecified atom stereocenters. The van der Waals surface area contributed by atoms with E-state index >= 15 is 0 Å². The van der Waals surface area contributed by atoms with Crippen LogP contribution in [0.1, 0.15) is 24.0 Å². The molecule has 0 aliphatic carbocycles. The van der Waals surface area contributed by atoms with Crippen molar-refractivity contribution in [2.75, 3.05) is 18.0 Å². The average Bonchev–Trinajstić information content (AvgIpc) is 2.67. The van der Waals surface area contributed by atoms with Gasteiger partial charge in [-0.1, -0.05) is 40.9 Å². The summed E-state index contributed by atoms with van der Waals surface area (Å²) >= 11 is 11.9. The van der Waals surface area contributed by atoms with E-state index in [-0.39, 0.29) is 33.7 Å². The van der Waals surface area contributed by atoms with Crippen LogP contribution in [0.2, 0.25) is 10.0 Å². The van der Waals surface area contributed by atoms with Gasteiger partial charge in [-0.2, -0.15) is 4.31 Å². The van der Waals surface area contributed by atoms with Crippen LogP contribution in [0.4, 0.5) is 10.5 Å². The van der Waals surface area contributed by atoms with Gasteiger partial charge >= 0.3 is 6.09 Å². The lowest BCUT2D eigenvalue weighted by Gasteiger charge is -2.39. The Morgan fingerprint density at radius 2 is 1.69 bits per heavy atom. The normalized spacial score (nSPS) is 18.4. The second-order valence-electron chi connectivity index (χ2n) is 7.30. The molecule has 0 atom stereocenters. The van der Waals surface area contributed by atoms with E-state index in [0.717, 1.165) is 16.8 Å². The summed E-state index contributed by atoms with van der Waals surface area (Å²) in [6.45, 7) is 2.84. The zero-order chi connectivity index (χ0) is 20.8. The van der Waals surface area contributed by atoms with Crippen molar-refractivity contribution in [2.45, 2.75) is 37.3 Å². The topological polar surface area (TPSA) is 66.9 Å². The third-order valence-electron chi connectivity index (χ3n) is 5.30. The van der Waals surface area contributed by atoms with E-state index in [1.807, 2.05) is 25.1 Å². The number of carbonyl (C=O) groups excluding carboxylic acids is 1. The summed E-state index contributed by atoms with van der Waals surface area (Å²) < 4.78 is 32.7. The largest absolute Gasteiger partial charge is 0.444 e. The molecule has 9 heteroatoms. The van der Waals surface area contributed by atoms with Gasteiger partial charge in [0, 0.05) is 34.7 Å². The summed E-state index contributed by atoms with van der Waals surface area (Å²) in [5, 5.41) is 0.544. The zero-order valence-electron chi connectivity index (χ0n) is 15.8. The molecule has 0 radical (unpaired) electrons. The molecule has 6 nitrogen and oxygen atoms in total. The van der Waals surface area contributed by atoms with Gasteiger partial charge in [0.05, 0.1) is 10.6 Å². The summed E-state index contributed by atoms with van der Waals surface area (Å²) in [6.07, 6.45) is 0.635. The van der Waals surface area contributed by atoms with Gasteiger partial charge < -0.3 is 4.74 Å². The molecule has 29 heavy (non-hydrogen) atoms. The third kappa shape index (κ3) is 3.97. The Morgan fingerprint density at radius 1 is 1.03 bits per heavy atom. The maximum absolute atomic E-state index is 13.0. The van der Waals surface area contributed by atoms with Crippen molar-refractivity contribution in [2.24, 2.45) is 0 Å². The van der Waals surface area contributed by atoms with Gasteiger partial charge in [0.2, 0.25) is 10.0 Å². The van der Waals surface area contributed by atoms with Crippen molar-refractivity contribution in [3.8, 4) is 0 Å². The predicted molar refractivity (Wildman–Crippen MR) is 112 cm³/mol. The molecule has 0 bridgehead atoms. The van der Waals surface area contributed by atoms with Crippen LogP contribution in [0.25, 0.3) is 0 Å². The second kappa shape index (κ2) is 7.80. The van der Waals surface area contributed by atoms with Gasteiger partial charge in [-0.25, -0.2) is 13.2 Å². The fraction of sp³-hybridized carbons (Fsp3) is 0.350. The highest BCUT2D eigenvalue weighted by Gasteiger charge is 2.37. The Morgan fingerprint density at radius 3 is 2.34 bits per heavy atom. The first-order valence-corrected chi connectivity index (χ1v) is 11.5. The number of fused-ring (bicyclic) bond motifs is 1. The molecule has 0 N–H and O–H groups in total. The summed E-state index contributed by atoms with van der Waals surface area (Å²) in [5.74, 6) is 0. The van der Waals surface area contributed by atoms with Crippen LogP contribution in [0, 0.1) is 6.92 Å². The van der Waals surface area contributed by atoms with E-state index in [9.17, 15) is 13.2 Å². The average molecular weight is 455 g/mol. The molecule has 1 fully saturated rings. The smallest absolute Gasteiger partial charge is 0.414 e. The van der Waals surface area contributed by atoms with Gasteiger partial charge in [-0.05, 0) is 44.0 Å². The Kier molecular flexibility index (Phi) is 5.50. The molecule has 1 amide bonds. The first-order valence-electron chi connectivity index (χ1n) is 9.27. The third-order valence-corrected chi connectivity index (χ3v) is 7.62. The summed E-state index contributed by atoms with van der Waals surface area (Å²) in [7, 11) is -3.71. The second-order valence-corrected chi connectivity index (χ2v) is 10.1. The number of piperidine rings is 1. The fourth-order valence-electron chi connectivity index (χ4n) is 3.89. The number of hydrogen-bond acceptors (Lipinski definition) is 4. The number of aryl methyl sites for hydroxylation is 1. The maximum Gasteiger partial charge on any atom is 0.414 e. The van der Waals surface area contributed by atoms with Gasteiger partial charge in [0.15, 0.2) is 0 Å². The Balaban J connectivity index is 1.53. The number of carbonyl (C=O) groups is 1. The van der Waals surface area contributed by atoms with Gasteiger partial charge in [0.1, 0.15) is 6.61 Å². The van der Waals surface area contributed by atoms with Crippen molar-refractivity contribution in [1.29, 1.82) is 0 Å². The number of halogens is 2. The Labute approximate surface area is 180 Å². The minimum absolute atomic E-state index is 0.0756. The van der Waals surface area contributed by atoms with E-state index in [0.29, 0.717) is 25.9 Å². The van der Waals surface area contributed by atoms with Crippen molar-refractivity contribution in [1.82, 2.24) is 4.31 Å². The van der Waals surface area contributed by atoms with E-state index in [2.05, 4.69) is 0 Å². The number of cyclic esters (lactones) is 1. The van der Waals surface area contributed by atoms with Crippen molar-refractivity contribution < 1.29 is 17.9 Å². The van der Waals surface area contributed by atoms with E-state index in [1.165, 1.54) is 22.5 Å². The quantitative estimate of drug-likeness (QED) is 0.678. The molecule has 0 aromatic heterocycles. The van der Waals surface area contributed by atoms with Gasteiger partial charge in [0.25, 0.3) is 0 Å². The fourth-order valence-corrected chi connectivity index (χ4v) is 6.08. The van der Waals surface area contributed by atoms with Crippen molar-refractivity contribution >= 4 is 45.0 Å². The number of rotatable bonds is 3. The number of amides is 1. The van der Waals surface area contributed by atoms with Crippen LogP contribution in [0.5, 0.6) is 0 Å². The highest BCUT2D eigenvalue weighted by molar-refractivity contribution is 7.89. The highest BCUT2D eigenvalue weighted by atomic mass is 35.5. The number of nitrogens with zero attached hydrogens (tertiary/aromatic N) is 2. The first kappa shape index (κ1) is 20.5. The van der Waals surface area contributed by atoms with Crippen molar-refractivity contribution in [3.63, 3.8) is 0 Å². The van der Waals surface area contributed by atoms with Crippen LogP contribution in [-0.2, 0) is 21.4 Å². The van der Waals surface area contributed by atoms with E-state index < -0.39 is 10.0 Å². The molecule has 2 aliphatic heterocycles. The highest BCUT2D eigenvalue weighted by Crippen LogP contribution is 2.34. The molecule has 1 saturated heterocycles. The summed E-state index contributed by atoms with van der Waals surface area (Å²) in [6, 6.07) is 10.1. The van der Waals surface area contributed by atoms with Crippen LogP contribution in [0.3, 0.4) is 0 Å². The molecular weight excluding hydrogens is 435 g/mol. The summed E-state index contributed by atoms with van der Waals surface area (Å²) in [4.78, 5) is 14.2. The molecule has 154 valence electrons. The number of benzene rings is 2. The van der Waals surface area contributed by atoms with E-state index in [1.54, 1.807) is 4.90 Å². The molecular formula is C20H20Cl2N2O4S. The lowest BCUT2D eigenvalue weighted by molar-refractivity contribution is 0.135. The number of anilines is 1.